The lowest BCUT2D eigenvalue weighted by atomic mass is 9.93. The Labute approximate surface area is 209 Å². The Balaban J connectivity index is 1.50. The molecule has 0 saturated carbocycles. The Morgan fingerprint density at radius 3 is 2.23 bits per heavy atom. The Hall–Kier alpha value is -3.28. The highest BCUT2D eigenvalue weighted by Crippen LogP contribution is 2.38. The third-order valence-corrected chi connectivity index (χ3v) is 6.77. The van der Waals surface area contributed by atoms with Crippen LogP contribution in [0.1, 0.15) is 19.3 Å². The molecule has 2 heterocycles. The van der Waals surface area contributed by atoms with Gasteiger partial charge < -0.3 is 13.9 Å². The second-order valence-corrected chi connectivity index (χ2v) is 9.22. The van der Waals surface area contributed by atoms with Gasteiger partial charge >= 0.3 is 5.63 Å². The third-order valence-electron chi connectivity index (χ3n) is 6.52. The lowest BCUT2D eigenvalue weighted by Crippen LogP contribution is -2.33. The number of halogens is 1. The number of hydrogen-bond donors (Lipinski definition) is 0. The van der Waals surface area contributed by atoms with E-state index >= 15 is 0 Å². The van der Waals surface area contributed by atoms with Crippen LogP contribution in [0.5, 0.6) is 11.5 Å². The van der Waals surface area contributed by atoms with Gasteiger partial charge in [0, 0.05) is 28.6 Å². The van der Waals surface area contributed by atoms with Crippen LogP contribution in [0, 0.1) is 0 Å². The molecule has 0 unspecified atom stereocenters. The molecular formula is C29H28ClNO4. The van der Waals surface area contributed by atoms with Crippen LogP contribution in [0.2, 0.25) is 5.02 Å². The van der Waals surface area contributed by atoms with Crippen LogP contribution < -0.4 is 15.1 Å². The second kappa shape index (κ2) is 10.5. The van der Waals surface area contributed by atoms with Gasteiger partial charge in [-0.3, -0.25) is 4.90 Å². The zero-order valence-corrected chi connectivity index (χ0v) is 20.5. The van der Waals surface area contributed by atoms with Gasteiger partial charge in [0.25, 0.3) is 0 Å². The predicted octanol–water partition coefficient (Wildman–Crippen LogP) is 6.65. The molecule has 1 aliphatic heterocycles. The van der Waals surface area contributed by atoms with Crippen molar-refractivity contribution < 1.29 is 13.9 Å². The molecule has 1 aromatic heterocycles. The van der Waals surface area contributed by atoms with E-state index in [-0.39, 0.29) is 0 Å². The molecule has 0 aliphatic carbocycles. The number of rotatable bonds is 7. The van der Waals surface area contributed by atoms with Crippen molar-refractivity contribution in [3.05, 3.63) is 82.2 Å². The smallest absolute Gasteiger partial charge is 0.344 e. The normalized spacial score (nSPS) is 14.2. The van der Waals surface area contributed by atoms with Crippen molar-refractivity contribution >= 4 is 22.6 Å². The summed E-state index contributed by atoms with van der Waals surface area (Å²) in [6.07, 6.45) is 3.88. The molecule has 5 rings (SSSR count). The standard InChI is InChI=1S/C29H28ClNO4/c1-33-24-13-14-25-26(19-24)35-29(32)28(21-5-9-22(30)10-6-21)27(25)20-7-11-23(12-8-20)34-18-17-31-15-3-2-4-16-31/h5-14,19H,2-4,15-18H2,1H3. The minimum atomic E-state index is -0.412. The van der Waals surface area contributed by atoms with Crippen LogP contribution in [0.25, 0.3) is 33.2 Å². The van der Waals surface area contributed by atoms with Crippen molar-refractivity contribution in [2.24, 2.45) is 0 Å². The van der Waals surface area contributed by atoms with Crippen LogP contribution >= 0.6 is 11.6 Å². The summed E-state index contributed by atoms with van der Waals surface area (Å²) in [5.41, 5.74) is 3.02. The van der Waals surface area contributed by atoms with Crippen molar-refractivity contribution in [3.63, 3.8) is 0 Å². The van der Waals surface area contributed by atoms with Gasteiger partial charge in [0.1, 0.15) is 23.7 Å². The van der Waals surface area contributed by atoms with Gasteiger partial charge in [0.05, 0.1) is 12.7 Å². The first-order chi connectivity index (χ1) is 17.1. The molecule has 0 bridgehead atoms. The molecule has 0 spiro atoms. The van der Waals surface area contributed by atoms with Crippen LogP contribution in [-0.2, 0) is 0 Å². The van der Waals surface area contributed by atoms with Crippen molar-refractivity contribution in [2.45, 2.75) is 19.3 Å². The number of fused-ring (bicyclic) bond motifs is 1. The molecule has 0 amide bonds. The molecule has 1 fully saturated rings. The Morgan fingerprint density at radius 1 is 0.857 bits per heavy atom. The molecule has 3 aromatic carbocycles. The molecular weight excluding hydrogens is 462 g/mol. The van der Waals surface area contributed by atoms with Crippen molar-refractivity contribution in [2.75, 3.05) is 33.4 Å². The van der Waals surface area contributed by atoms with E-state index in [4.69, 9.17) is 25.5 Å². The number of nitrogens with zero attached hydrogens (tertiary/aromatic N) is 1. The van der Waals surface area contributed by atoms with Gasteiger partial charge in [0.2, 0.25) is 0 Å². The van der Waals surface area contributed by atoms with Crippen LogP contribution in [-0.4, -0.2) is 38.3 Å². The molecule has 0 radical (unpaired) electrons. The summed E-state index contributed by atoms with van der Waals surface area (Å²) in [5.74, 6) is 1.44. The van der Waals surface area contributed by atoms with E-state index in [1.807, 2.05) is 48.5 Å². The monoisotopic (exact) mass is 489 g/mol. The summed E-state index contributed by atoms with van der Waals surface area (Å²) in [6, 6.07) is 20.7. The fourth-order valence-corrected chi connectivity index (χ4v) is 4.81. The second-order valence-electron chi connectivity index (χ2n) is 8.78. The SMILES string of the molecule is COc1ccc2c(-c3ccc(OCCN4CCCCC4)cc3)c(-c3ccc(Cl)cc3)c(=O)oc2c1. The molecule has 1 saturated heterocycles. The maximum absolute atomic E-state index is 13.2. The molecule has 4 aromatic rings. The Bertz CT molecular complexity index is 1360. The van der Waals surface area contributed by atoms with E-state index in [0.717, 1.165) is 47.5 Å². The maximum Gasteiger partial charge on any atom is 0.344 e. The lowest BCUT2D eigenvalue weighted by Gasteiger charge is -2.26. The largest absolute Gasteiger partial charge is 0.497 e. The number of ether oxygens (including phenoxy) is 2. The molecule has 180 valence electrons. The number of methoxy groups -OCH3 is 1. The average molecular weight is 490 g/mol. The van der Waals surface area contributed by atoms with Gasteiger partial charge in [-0.15, -0.1) is 0 Å². The predicted molar refractivity (Wildman–Crippen MR) is 141 cm³/mol. The Kier molecular flexibility index (Phi) is 7.07. The van der Waals surface area contributed by atoms with Gasteiger partial charge in [-0.25, -0.2) is 4.79 Å². The number of likely N-dealkylation sites (tertiary alicyclic amines) is 1. The quantitative estimate of drug-likeness (QED) is 0.272. The molecule has 35 heavy (non-hydrogen) atoms. The molecule has 0 N–H and O–H groups in total. The Morgan fingerprint density at radius 2 is 1.51 bits per heavy atom. The topological polar surface area (TPSA) is 51.9 Å². The fourth-order valence-electron chi connectivity index (χ4n) is 4.68. The lowest BCUT2D eigenvalue weighted by molar-refractivity contribution is 0.183. The number of hydrogen-bond acceptors (Lipinski definition) is 5. The summed E-state index contributed by atoms with van der Waals surface area (Å²) in [6.45, 7) is 3.91. The number of piperidine rings is 1. The van der Waals surface area contributed by atoms with Gasteiger partial charge in [-0.05, 0) is 73.5 Å². The zero-order valence-electron chi connectivity index (χ0n) is 19.8. The maximum atomic E-state index is 13.2. The average Bonchev–Trinajstić information content (AvgIpc) is 2.89. The van der Waals surface area contributed by atoms with E-state index in [2.05, 4.69) is 4.90 Å². The minimum Gasteiger partial charge on any atom is -0.497 e. The highest BCUT2D eigenvalue weighted by atomic mass is 35.5. The van der Waals surface area contributed by atoms with Crippen LogP contribution in [0.3, 0.4) is 0 Å². The third kappa shape index (κ3) is 5.21. The first kappa shape index (κ1) is 23.5. The van der Waals surface area contributed by atoms with E-state index in [9.17, 15) is 4.79 Å². The van der Waals surface area contributed by atoms with Gasteiger partial charge in [-0.2, -0.15) is 0 Å². The summed E-state index contributed by atoms with van der Waals surface area (Å²) in [4.78, 5) is 15.7. The summed E-state index contributed by atoms with van der Waals surface area (Å²) >= 11 is 6.10. The number of benzene rings is 3. The summed E-state index contributed by atoms with van der Waals surface area (Å²) in [7, 11) is 1.59. The van der Waals surface area contributed by atoms with Crippen molar-refractivity contribution in [1.29, 1.82) is 0 Å². The highest BCUT2D eigenvalue weighted by molar-refractivity contribution is 6.30. The van der Waals surface area contributed by atoms with E-state index in [1.165, 1.54) is 19.3 Å². The van der Waals surface area contributed by atoms with Crippen LogP contribution in [0.4, 0.5) is 0 Å². The summed E-state index contributed by atoms with van der Waals surface area (Å²) in [5, 5.41) is 1.44. The molecule has 0 atom stereocenters. The zero-order chi connectivity index (χ0) is 24.2. The first-order valence-corrected chi connectivity index (χ1v) is 12.4. The van der Waals surface area contributed by atoms with E-state index in [1.54, 1.807) is 25.3 Å². The summed E-state index contributed by atoms with van der Waals surface area (Å²) < 4.78 is 17.1. The van der Waals surface area contributed by atoms with Crippen molar-refractivity contribution in [1.82, 2.24) is 4.90 Å². The molecule has 6 heteroatoms. The molecule has 1 aliphatic rings. The minimum absolute atomic E-state index is 0.412. The van der Waals surface area contributed by atoms with Gasteiger partial charge in [0.15, 0.2) is 0 Å². The van der Waals surface area contributed by atoms with E-state index < -0.39 is 5.63 Å². The fraction of sp³-hybridized carbons (Fsp3) is 0.276. The first-order valence-electron chi connectivity index (χ1n) is 12.0. The van der Waals surface area contributed by atoms with Crippen LogP contribution in [0.15, 0.2) is 75.9 Å². The highest BCUT2D eigenvalue weighted by Gasteiger charge is 2.19. The van der Waals surface area contributed by atoms with Crippen molar-refractivity contribution in [3.8, 4) is 33.8 Å². The molecule has 5 nitrogen and oxygen atoms in total. The van der Waals surface area contributed by atoms with Gasteiger partial charge in [-0.1, -0.05) is 42.3 Å². The van der Waals surface area contributed by atoms with E-state index in [0.29, 0.717) is 28.5 Å².